The third-order valence-electron chi connectivity index (χ3n) is 1.01. The highest BCUT2D eigenvalue weighted by Crippen LogP contribution is 2.18. The Bertz CT molecular complexity index is 143. The zero-order valence-electron chi connectivity index (χ0n) is 6.41. The van der Waals surface area contributed by atoms with Crippen molar-refractivity contribution in [1.29, 1.82) is 5.41 Å². The zero-order valence-corrected chi connectivity index (χ0v) is 7.22. The van der Waals surface area contributed by atoms with Gasteiger partial charge in [0.25, 0.3) is 0 Å². The largest absolute Gasteiger partial charge is 0.298 e. The molecule has 0 aliphatic rings. The normalized spacial score (nSPS) is 8.89. The van der Waals surface area contributed by atoms with E-state index in [0.717, 1.165) is 0 Å². The molecule has 0 fully saturated rings. The van der Waals surface area contributed by atoms with Crippen LogP contribution in [0.4, 0.5) is 0 Å². The van der Waals surface area contributed by atoms with Gasteiger partial charge in [-0.25, -0.2) is 0 Å². The molecule has 0 atom stereocenters. The van der Waals surface area contributed by atoms with E-state index in [1.54, 1.807) is 6.92 Å². The van der Waals surface area contributed by atoms with E-state index in [2.05, 4.69) is 13.8 Å². The summed E-state index contributed by atoms with van der Waals surface area (Å²) in [6.45, 7) is 7.96. The van der Waals surface area contributed by atoms with E-state index < -0.39 is 0 Å². The Labute approximate surface area is 61.0 Å². The van der Waals surface area contributed by atoms with Gasteiger partial charge in [0, 0.05) is 0 Å². The molecule has 0 aromatic rings. The Balaban J connectivity index is 3.92. The third kappa shape index (κ3) is 4.28. The summed E-state index contributed by atoms with van der Waals surface area (Å²) in [4.78, 5) is 1.24. The second kappa shape index (κ2) is 3.72. The predicted molar refractivity (Wildman–Crippen MR) is 45.0 cm³/mol. The summed E-state index contributed by atoms with van der Waals surface area (Å²) in [5.41, 5.74) is 1.30. The molecule has 0 saturated carbocycles. The average molecular weight is 143 g/mol. The summed E-state index contributed by atoms with van der Waals surface area (Å²) >= 11 is 1.53. The molecule has 0 amide bonds. The molecule has 0 rings (SSSR count). The van der Waals surface area contributed by atoms with Crippen LogP contribution in [0.3, 0.4) is 0 Å². The molecule has 0 aliphatic heterocycles. The van der Waals surface area contributed by atoms with Gasteiger partial charge >= 0.3 is 0 Å². The van der Waals surface area contributed by atoms with E-state index in [4.69, 9.17) is 5.41 Å². The van der Waals surface area contributed by atoms with E-state index in [1.807, 2.05) is 6.92 Å². The number of thioether (sulfide) groups is 1. The van der Waals surface area contributed by atoms with Gasteiger partial charge in [0.15, 0.2) is 0 Å². The van der Waals surface area contributed by atoms with E-state index in [9.17, 15) is 0 Å². The van der Waals surface area contributed by atoms with E-state index in [0.29, 0.717) is 5.04 Å². The summed E-state index contributed by atoms with van der Waals surface area (Å²) in [5, 5.41) is 7.81. The van der Waals surface area contributed by atoms with Gasteiger partial charge in [0.1, 0.15) is 0 Å². The lowest BCUT2D eigenvalue weighted by Gasteiger charge is -1.99. The van der Waals surface area contributed by atoms with Gasteiger partial charge in [0.2, 0.25) is 0 Å². The minimum absolute atomic E-state index is 0.661. The maximum atomic E-state index is 7.15. The molecule has 0 aromatic heterocycles. The van der Waals surface area contributed by atoms with Gasteiger partial charge in [0.05, 0.1) is 5.04 Å². The molecule has 52 valence electrons. The number of rotatable bonds is 1. The Morgan fingerprint density at radius 3 is 1.67 bits per heavy atom. The first-order chi connectivity index (χ1) is 4.04. The molecular formula is C7H13NS. The third-order valence-corrected chi connectivity index (χ3v) is 2.03. The number of hydrogen-bond acceptors (Lipinski definition) is 2. The summed E-state index contributed by atoms with van der Waals surface area (Å²) in [6.07, 6.45) is 0. The van der Waals surface area contributed by atoms with Gasteiger partial charge < -0.3 is 0 Å². The lowest BCUT2D eigenvalue weighted by molar-refractivity contribution is 1.34. The monoisotopic (exact) mass is 143 g/mol. The fourth-order valence-corrected chi connectivity index (χ4v) is 0.995. The first kappa shape index (κ1) is 8.76. The first-order valence-electron chi connectivity index (χ1n) is 2.91. The number of allylic oxidation sites excluding steroid dienone is 2. The predicted octanol–water partition coefficient (Wildman–Crippen LogP) is 3.03. The smallest absolute Gasteiger partial charge is 0.0654 e. The number of nitrogens with one attached hydrogen (secondary N) is 1. The second-order valence-corrected chi connectivity index (χ2v) is 3.64. The van der Waals surface area contributed by atoms with Crippen LogP contribution in [0, 0.1) is 5.41 Å². The first-order valence-corrected chi connectivity index (χ1v) is 3.72. The molecule has 2 heteroatoms. The lowest BCUT2D eigenvalue weighted by Crippen LogP contribution is -1.80. The van der Waals surface area contributed by atoms with Crippen molar-refractivity contribution in [2.75, 3.05) is 0 Å². The van der Waals surface area contributed by atoms with Crippen LogP contribution >= 0.6 is 11.8 Å². The van der Waals surface area contributed by atoms with Crippen LogP contribution < -0.4 is 0 Å². The SMILES string of the molecule is CC(=N)SC(C)=C(C)C. The van der Waals surface area contributed by atoms with Crippen molar-refractivity contribution in [1.82, 2.24) is 0 Å². The van der Waals surface area contributed by atoms with Crippen molar-refractivity contribution >= 4 is 16.8 Å². The van der Waals surface area contributed by atoms with E-state index >= 15 is 0 Å². The molecule has 0 aliphatic carbocycles. The van der Waals surface area contributed by atoms with Crippen LogP contribution in [0.1, 0.15) is 27.7 Å². The molecule has 0 aromatic carbocycles. The van der Waals surface area contributed by atoms with Gasteiger partial charge in [-0.05, 0) is 32.6 Å². The van der Waals surface area contributed by atoms with Crippen LogP contribution in [0.25, 0.3) is 0 Å². The van der Waals surface area contributed by atoms with Crippen molar-refractivity contribution < 1.29 is 0 Å². The van der Waals surface area contributed by atoms with Crippen LogP contribution in [0.5, 0.6) is 0 Å². The van der Waals surface area contributed by atoms with Crippen LogP contribution in [-0.4, -0.2) is 5.04 Å². The van der Waals surface area contributed by atoms with Gasteiger partial charge in [-0.2, -0.15) is 0 Å². The zero-order chi connectivity index (χ0) is 7.44. The summed E-state index contributed by atoms with van der Waals surface area (Å²) < 4.78 is 0. The van der Waals surface area contributed by atoms with Crippen molar-refractivity contribution in [2.45, 2.75) is 27.7 Å². The lowest BCUT2D eigenvalue weighted by atomic mass is 10.3. The minimum Gasteiger partial charge on any atom is -0.298 e. The van der Waals surface area contributed by atoms with Gasteiger partial charge in [-0.1, -0.05) is 17.3 Å². The van der Waals surface area contributed by atoms with Crippen LogP contribution in [0.2, 0.25) is 0 Å². The topological polar surface area (TPSA) is 23.9 Å². The van der Waals surface area contributed by atoms with Crippen LogP contribution in [-0.2, 0) is 0 Å². The van der Waals surface area contributed by atoms with Crippen LogP contribution in [0.15, 0.2) is 10.5 Å². The Morgan fingerprint density at radius 1 is 1.11 bits per heavy atom. The maximum Gasteiger partial charge on any atom is 0.0654 e. The molecule has 0 heterocycles. The van der Waals surface area contributed by atoms with Crippen molar-refractivity contribution in [3.63, 3.8) is 0 Å². The standard InChI is InChI=1S/C7H13NS/c1-5(2)6(3)9-7(4)8/h8H,1-4H3. The summed E-state index contributed by atoms with van der Waals surface area (Å²) in [5.74, 6) is 0. The molecule has 1 N–H and O–H groups in total. The molecule has 1 nitrogen and oxygen atoms in total. The highest BCUT2D eigenvalue weighted by atomic mass is 32.2. The Kier molecular flexibility index (Phi) is 3.62. The molecular weight excluding hydrogens is 130 g/mol. The highest BCUT2D eigenvalue weighted by Gasteiger charge is 1.93. The molecule has 0 saturated heterocycles. The van der Waals surface area contributed by atoms with Gasteiger partial charge in [-0.15, -0.1) is 0 Å². The van der Waals surface area contributed by atoms with Gasteiger partial charge in [-0.3, -0.25) is 5.41 Å². The highest BCUT2D eigenvalue weighted by molar-refractivity contribution is 8.17. The average Bonchev–Trinajstić information content (AvgIpc) is 1.63. The Morgan fingerprint density at radius 2 is 1.56 bits per heavy atom. The van der Waals surface area contributed by atoms with Crippen molar-refractivity contribution in [3.8, 4) is 0 Å². The summed E-state index contributed by atoms with van der Waals surface area (Å²) in [7, 11) is 0. The van der Waals surface area contributed by atoms with E-state index in [1.165, 1.54) is 22.2 Å². The molecule has 0 unspecified atom stereocenters. The van der Waals surface area contributed by atoms with Crippen molar-refractivity contribution in [3.05, 3.63) is 10.5 Å². The minimum atomic E-state index is 0.661. The molecule has 0 spiro atoms. The second-order valence-electron chi connectivity index (χ2n) is 2.21. The molecule has 9 heavy (non-hydrogen) atoms. The number of hydrogen-bond donors (Lipinski definition) is 1. The van der Waals surface area contributed by atoms with E-state index in [-0.39, 0.29) is 0 Å². The fourth-order valence-electron chi connectivity index (χ4n) is 0.332. The fraction of sp³-hybridized carbons (Fsp3) is 0.571. The Hall–Kier alpha value is -0.240. The quantitative estimate of drug-likeness (QED) is 0.442. The maximum absolute atomic E-state index is 7.15. The molecule has 0 radical (unpaired) electrons. The summed E-state index contributed by atoms with van der Waals surface area (Å²) in [6, 6.07) is 0. The molecule has 0 bridgehead atoms. The van der Waals surface area contributed by atoms with Crippen molar-refractivity contribution in [2.24, 2.45) is 0 Å².